The summed E-state index contributed by atoms with van der Waals surface area (Å²) in [5, 5.41) is 48.7. The standard InChI is InChI=1S/C47H58N6O11.Lu/c1-34-26-38(29-53-15-6-5-12-41(53)47(61)62)42(27-37(34)14-13-36-10-7-11-39(40(36)28-48)35-8-3-2-4-9-35)63-24-25-64-46(60)33-52-22-20-50(31-44(56)57)18-16-49(30-43(54)55)17-19-51(21-23-52)32-45(58)59;/h2-4,7-11,13-14,26-27,41H,5-6,12,15-25,29-33H2,1H3,(H,54,55)(H,56,57)(H,58,59)(H,61,62);/b14-13+;/t41-;/m0./s1/i;1+2. The van der Waals surface area contributed by atoms with E-state index < -0.39 is 35.9 Å². The minimum absolute atomic E-state index is 0. The first-order chi connectivity index (χ1) is 30.8. The van der Waals surface area contributed by atoms with Gasteiger partial charge in [-0.15, -0.1) is 0 Å². The zero-order valence-corrected chi connectivity index (χ0v) is 38.2. The summed E-state index contributed by atoms with van der Waals surface area (Å²) >= 11 is 0. The molecule has 18 heteroatoms. The summed E-state index contributed by atoms with van der Waals surface area (Å²) in [7, 11) is 0. The molecule has 0 amide bonds. The van der Waals surface area contributed by atoms with Crippen LogP contribution in [0.25, 0.3) is 23.3 Å². The first-order valence-corrected chi connectivity index (χ1v) is 21.5. The maximum Gasteiger partial charge on any atom is 0.320 e. The third kappa shape index (κ3) is 17.1. The number of carbonyl (C=O) groups is 5. The summed E-state index contributed by atoms with van der Waals surface area (Å²) in [5.41, 5.74) is 5.54. The number of carboxylic acid groups (broad SMARTS) is 4. The van der Waals surface area contributed by atoms with Crippen molar-refractivity contribution in [3.8, 4) is 22.9 Å². The number of hydrogen-bond donors (Lipinski definition) is 4. The number of nitrogens with zero attached hydrogens (tertiary/aromatic N) is 6. The van der Waals surface area contributed by atoms with Gasteiger partial charge >= 0.3 is 29.8 Å². The van der Waals surface area contributed by atoms with E-state index in [0.717, 1.165) is 46.2 Å². The van der Waals surface area contributed by atoms with Crippen LogP contribution in [0, 0.1) is 55.1 Å². The number of rotatable bonds is 18. The fraction of sp³-hybridized carbons (Fsp3) is 0.447. The first kappa shape index (κ1) is 52.7. The largest absolute Gasteiger partial charge is 0.490 e. The average Bonchev–Trinajstić information content (AvgIpc) is 3.26. The van der Waals surface area contributed by atoms with Gasteiger partial charge in [0.2, 0.25) is 0 Å². The molecule has 357 valence electrons. The number of nitriles is 1. The number of aryl methyl sites for hydroxylation is 1. The number of carbonyl (C=O) groups excluding carboxylic acids is 1. The number of likely N-dealkylation sites (tertiary alicyclic amines) is 1. The van der Waals surface area contributed by atoms with E-state index >= 15 is 0 Å². The van der Waals surface area contributed by atoms with E-state index in [1.54, 1.807) is 19.6 Å². The van der Waals surface area contributed by atoms with E-state index in [2.05, 4.69) is 6.07 Å². The van der Waals surface area contributed by atoms with Crippen molar-refractivity contribution in [3.05, 3.63) is 88.5 Å². The van der Waals surface area contributed by atoms with Gasteiger partial charge < -0.3 is 29.9 Å². The Hall–Kier alpha value is -4.93. The Bertz CT molecular complexity index is 2140. The number of carboxylic acids is 4. The van der Waals surface area contributed by atoms with Gasteiger partial charge in [0.15, 0.2) is 0 Å². The van der Waals surface area contributed by atoms with Crippen LogP contribution in [0.4, 0.5) is 0 Å². The maximum absolute atomic E-state index is 13.3. The Kier molecular flexibility index (Phi) is 21.8. The van der Waals surface area contributed by atoms with E-state index in [-0.39, 0.29) is 129 Å². The van der Waals surface area contributed by atoms with Crippen molar-refractivity contribution in [2.24, 2.45) is 0 Å². The van der Waals surface area contributed by atoms with Crippen LogP contribution in [0.15, 0.2) is 60.7 Å². The van der Waals surface area contributed by atoms with Crippen molar-refractivity contribution in [3.63, 3.8) is 0 Å². The predicted molar refractivity (Wildman–Crippen MR) is 238 cm³/mol. The summed E-state index contributed by atoms with van der Waals surface area (Å²) in [4.78, 5) is 69.1. The molecule has 2 aliphatic heterocycles. The zero-order chi connectivity index (χ0) is 46.0. The van der Waals surface area contributed by atoms with Gasteiger partial charge in [-0.1, -0.05) is 73.2 Å². The summed E-state index contributed by atoms with van der Waals surface area (Å²) in [5.74, 6) is -4.08. The molecule has 2 saturated heterocycles. The SMILES string of the molecule is Cc1cc(CN2CCCC[C@H]2C(=O)O)c(OCCOC(=O)CN2CCN(CC(=O)O)CCN(CC(=O)O)CCN(CC(=O)O)CC2)cc1/C=C/c1cccc(-c2ccccc2)c1C#N.[177Lu]. The molecule has 0 aromatic heterocycles. The molecule has 0 bridgehead atoms. The second-order valence-electron chi connectivity index (χ2n) is 16.1. The van der Waals surface area contributed by atoms with E-state index in [1.165, 1.54) is 0 Å². The fourth-order valence-corrected chi connectivity index (χ4v) is 8.07. The van der Waals surface area contributed by atoms with Gasteiger partial charge in [-0.05, 0) is 54.6 Å². The third-order valence-electron chi connectivity index (χ3n) is 11.4. The van der Waals surface area contributed by atoms with Gasteiger partial charge in [-0.25, -0.2) is 0 Å². The van der Waals surface area contributed by atoms with Crippen molar-refractivity contribution in [1.29, 1.82) is 5.26 Å². The smallest absolute Gasteiger partial charge is 0.320 e. The van der Waals surface area contributed by atoms with Crippen molar-refractivity contribution in [2.75, 3.05) is 98.3 Å². The molecule has 0 saturated carbocycles. The van der Waals surface area contributed by atoms with Gasteiger partial charge in [0.25, 0.3) is 0 Å². The predicted octanol–water partition coefficient (Wildman–Crippen LogP) is 3.54. The molecule has 3 aromatic carbocycles. The minimum Gasteiger partial charge on any atom is -0.490 e. The van der Waals surface area contributed by atoms with Crippen LogP contribution in [-0.2, 0) is 35.3 Å². The Morgan fingerprint density at radius 1 is 0.692 bits per heavy atom. The molecule has 0 unspecified atom stereocenters. The monoisotopic (exact) mass is 1060 g/mol. The molecular formula is C47H58LuN6O11. The molecule has 3 aromatic rings. The van der Waals surface area contributed by atoms with E-state index in [9.17, 15) is 49.7 Å². The van der Waals surface area contributed by atoms with Crippen LogP contribution in [0.5, 0.6) is 5.75 Å². The van der Waals surface area contributed by atoms with Crippen molar-refractivity contribution >= 4 is 42.0 Å². The second kappa shape index (κ2) is 26.9. The molecule has 17 nitrogen and oxygen atoms in total. The fourth-order valence-electron chi connectivity index (χ4n) is 8.07. The van der Waals surface area contributed by atoms with E-state index in [0.29, 0.717) is 30.8 Å². The number of ether oxygens (including phenoxy) is 2. The van der Waals surface area contributed by atoms with E-state index in [1.807, 2.05) is 84.6 Å². The molecular weight excluding hydrogens is 1000 g/mol. The van der Waals surface area contributed by atoms with Crippen molar-refractivity contribution in [1.82, 2.24) is 24.5 Å². The summed E-state index contributed by atoms with van der Waals surface area (Å²) in [6.07, 6.45) is 6.04. The van der Waals surface area contributed by atoms with Crippen LogP contribution >= 0.6 is 0 Å². The molecule has 5 rings (SSSR count). The maximum atomic E-state index is 13.3. The van der Waals surface area contributed by atoms with Gasteiger partial charge in [-0.3, -0.25) is 48.5 Å². The molecule has 2 aliphatic rings. The Morgan fingerprint density at radius 2 is 1.25 bits per heavy atom. The summed E-state index contributed by atoms with van der Waals surface area (Å²) < 4.78 is 11.9. The Labute approximate surface area is 408 Å². The number of hydrogen-bond acceptors (Lipinski definition) is 13. The van der Waals surface area contributed by atoms with Crippen molar-refractivity contribution < 1.29 is 90.7 Å². The summed E-state index contributed by atoms with van der Waals surface area (Å²) in [6, 6.07) is 21.0. The molecule has 1 radical (unpaired) electrons. The molecule has 0 spiro atoms. The first-order valence-electron chi connectivity index (χ1n) is 21.5. The Morgan fingerprint density at radius 3 is 1.78 bits per heavy atom. The quantitative estimate of drug-likeness (QED) is 0.0813. The summed E-state index contributed by atoms with van der Waals surface area (Å²) in [6.45, 7) is 3.85. The van der Waals surface area contributed by atoms with Gasteiger partial charge in [0.1, 0.15) is 31.1 Å². The van der Waals surface area contributed by atoms with Crippen LogP contribution in [-0.4, -0.2) is 179 Å². The number of piperidine rings is 1. The minimum atomic E-state index is -1.05. The molecule has 2 fully saturated rings. The van der Waals surface area contributed by atoms with Gasteiger partial charge in [0, 0.05) is 107 Å². The second-order valence-corrected chi connectivity index (χ2v) is 16.1. The zero-order valence-electron chi connectivity index (χ0n) is 36.5. The topological polar surface area (TPSA) is 225 Å². The van der Waals surface area contributed by atoms with Crippen molar-refractivity contribution in [2.45, 2.75) is 38.8 Å². The van der Waals surface area contributed by atoms with Crippen LogP contribution in [0.1, 0.15) is 47.1 Å². The van der Waals surface area contributed by atoms with E-state index in [4.69, 9.17) is 9.47 Å². The molecule has 4 N–H and O–H groups in total. The normalized spacial score (nSPS) is 17.5. The number of esters is 1. The molecule has 0 aliphatic carbocycles. The van der Waals surface area contributed by atoms with Crippen LogP contribution < -0.4 is 4.74 Å². The average molecular weight is 1060 g/mol. The molecule has 2 heterocycles. The third-order valence-corrected chi connectivity index (χ3v) is 11.4. The molecule has 65 heavy (non-hydrogen) atoms. The number of aliphatic carboxylic acids is 4. The van der Waals surface area contributed by atoms with Crippen LogP contribution in [0.2, 0.25) is 0 Å². The van der Waals surface area contributed by atoms with Crippen LogP contribution in [0.3, 0.4) is 0 Å². The molecule has 1 atom stereocenters. The number of benzene rings is 3. The van der Waals surface area contributed by atoms with Gasteiger partial charge in [0.05, 0.1) is 31.7 Å². The van der Waals surface area contributed by atoms with Gasteiger partial charge in [-0.2, -0.15) is 5.26 Å². The Balaban J connectivity index is 0.00000925.